The van der Waals surface area contributed by atoms with Crippen LogP contribution in [0.1, 0.15) is 16.7 Å². The fourth-order valence-corrected chi connectivity index (χ4v) is 4.12. The zero-order valence-electron chi connectivity index (χ0n) is 12.8. The summed E-state index contributed by atoms with van der Waals surface area (Å²) in [6, 6.07) is 4.89. The van der Waals surface area contributed by atoms with Gasteiger partial charge in [0.2, 0.25) is 0 Å². The first-order valence-electron chi connectivity index (χ1n) is 6.56. The highest BCUT2D eigenvalue weighted by atomic mass is 35.5. The van der Waals surface area contributed by atoms with Gasteiger partial charge in [-0.25, -0.2) is 13.4 Å². The molecule has 0 saturated carbocycles. The van der Waals surface area contributed by atoms with Crippen molar-refractivity contribution in [1.29, 1.82) is 0 Å². The molecule has 0 amide bonds. The van der Waals surface area contributed by atoms with Crippen LogP contribution < -0.4 is 9.46 Å². The summed E-state index contributed by atoms with van der Waals surface area (Å²) in [4.78, 5) is 4.09. The Balaban J connectivity index is 2.56. The summed E-state index contributed by atoms with van der Waals surface area (Å²) >= 11 is 5.92. The van der Waals surface area contributed by atoms with Crippen LogP contribution >= 0.6 is 11.6 Å². The number of aromatic nitrogens is 1. The van der Waals surface area contributed by atoms with Crippen LogP contribution in [0.5, 0.6) is 5.75 Å². The van der Waals surface area contributed by atoms with E-state index in [1.54, 1.807) is 39.2 Å². The number of halogens is 1. The highest BCUT2D eigenvalue weighted by molar-refractivity contribution is 7.92. The maximum atomic E-state index is 12.7. The maximum absolute atomic E-state index is 12.7. The first kappa shape index (κ1) is 16.6. The molecule has 0 bridgehead atoms. The van der Waals surface area contributed by atoms with Crippen molar-refractivity contribution in [2.75, 3.05) is 11.8 Å². The van der Waals surface area contributed by atoms with Crippen LogP contribution in [-0.4, -0.2) is 20.5 Å². The molecule has 1 aromatic carbocycles. The topological polar surface area (TPSA) is 68.3 Å². The molecule has 2 rings (SSSR count). The molecule has 2 aromatic rings. The third-order valence-electron chi connectivity index (χ3n) is 3.47. The summed E-state index contributed by atoms with van der Waals surface area (Å²) in [6.07, 6.45) is 1.49. The van der Waals surface area contributed by atoms with Crippen molar-refractivity contribution in [3.8, 4) is 5.75 Å². The quantitative estimate of drug-likeness (QED) is 0.865. The third kappa shape index (κ3) is 3.03. The normalized spacial score (nSPS) is 11.3. The Hall–Kier alpha value is -1.79. The molecule has 0 spiro atoms. The first-order chi connectivity index (χ1) is 10.3. The minimum absolute atomic E-state index is 0.103. The standard InChI is InChI=1S/C15H17ClN2O3S/c1-9-8-13(21-4)10(2)11(3)14(9)22(19,20)18-12-6-5-7-17-15(12)16/h5-8,18H,1-4H3. The third-order valence-corrected chi connectivity index (χ3v) is 5.43. The number of anilines is 1. The van der Waals surface area contributed by atoms with Crippen molar-refractivity contribution in [3.05, 3.63) is 46.2 Å². The predicted octanol–water partition coefficient (Wildman–Crippen LogP) is 3.47. The van der Waals surface area contributed by atoms with Gasteiger partial charge >= 0.3 is 0 Å². The van der Waals surface area contributed by atoms with Crippen molar-refractivity contribution in [2.45, 2.75) is 25.7 Å². The summed E-state index contributed by atoms with van der Waals surface area (Å²) < 4.78 is 33.2. The second kappa shape index (κ2) is 6.14. The Morgan fingerprint density at radius 2 is 1.91 bits per heavy atom. The molecule has 0 fully saturated rings. The molecule has 1 aromatic heterocycles. The van der Waals surface area contributed by atoms with E-state index >= 15 is 0 Å². The summed E-state index contributed by atoms with van der Waals surface area (Å²) in [5.74, 6) is 0.661. The van der Waals surface area contributed by atoms with Gasteiger partial charge in [0.15, 0.2) is 5.15 Å². The smallest absolute Gasteiger partial charge is 0.262 e. The minimum Gasteiger partial charge on any atom is -0.496 e. The van der Waals surface area contributed by atoms with Crippen molar-refractivity contribution >= 4 is 27.3 Å². The van der Waals surface area contributed by atoms with Gasteiger partial charge in [0.25, 0.3) is 10.0 Å². The van der Waals surface area contributed by atoms with Gasteiger partial charge in [-0.15, -0.1) is 0 Å². The van der Waals surface area contributed by atoms with E-state index in [0.717, 1.165) is 5.56 Å². The SMILES string of the molecule is COc1cc(C)c(S(=O)(=O)Nc2cccnc2Cl)c(C)c1C. The Bertz CT molecular complexity index is 820. The molecule has 0 radical (unpaired) electrons. The van der Waals surface area contributed by atoms with Gasteiger partial charge in [-0.1, -0.05) is 11.6 Å². The van der Waals surface area contributed by atoms with Crippen LogP contribution in [0.2, 0.25) is 5.15 Å². The average molecular weight is 341 g/mol. The van der Waals surface area contributed by atoms with Crippen LogP contribution in [0.4, 0.5) is 5.69 Å². The Morgan fingerprint density at radius 3 is 2.50 bits per heavy atom. The van der Waals surface area contributed by atoms with Crippen LogP contribution in [0.15, 0.2) is 29.3 Å². The fraction of sp³-hybridized carbons (Fsp3) is 0.267. The fourth-order valence-electron chi connectivity index (χ4n) is 2.30. The molecular formula is C15H17ClN2O3S. The van der Waals surface area contributed by atoms with E-state index < -0.39 is 10.0 Å². The lowest BCUT2D eigenvalue weighted by atomic mass is 10.1. The van der Waals surface area contributed by atoms with E-state index in [9.17, 15) is 8.42 Å². The van der Waals surface area contributed by atoms with Gasteiger partial charge in [0, 0.05) is 6.20 Å². The van der Waals surface area contributed by atoms with Gasteiger partial charge in [0.05, 0.1) is 17.7 Å². The minimum atomic E-state index is -3.77. The summed E-state index contributed by atoms with van der Waals surface area (Å²) in [7, 11) is -2.22. The number of nitrogens with zero attached hydrogens (tertiary/aromatic N) is 1. The highest BCUT2D eigenvalue weighted by Crippen LogP contribution is 2.32. The van der Waals surface area contributed by atoms with Gasteiger partial charge in [0.1, 0.15) is 5.75 Å². The number of benzene rings is 1. The molecule has 0 aliphatic carbocycles. The van der Waals surface area contributed by atoms with Crippen LogP contribution in [0.25, 0.3) is 0 Å². The maximum Gasteiger partial charge on any atom is 0.262 e. The highest BCUT2D eigenvalue weighted by Gasteiger charge is 2.23. The molecule has 5 nitrogen and oxygen atoms in total. The van der Waals surface area contributed by atoms with Crippen LogP contribution in [-0.2, 0) is 10.0 Å². The van der Waals surface area contributed by atoms with E-state index in [0.29, 0.717) is 16.9 Å². The number of ether oxygens (including phenoxy) is 1. The molecule has 0 unspecified atom stereocenters. The van der Waals surface area contributed by atoms with Crippen LogP contribution in [0, 0.1) is 20.8 Å². The molecule has 0 aliphatic rings. The number of nitrogens with one attached hydrogen (secondary N) is 1. The lowest BCUT2D eigenvalue weighted by Crippen LogP contribution is -2.17. The Morgan fingerprint density at radius 1 is 1.23 bits per heavy atom. The zero-order valence-corrected chi connectivity index (χ0v) is 14.3. The molecule has 1 heterocycles. The molecule has 0 saturated heterocycles. The number of rotatable bonds is 4. The predicted molar refractivity (Wildman–Crippen MR) is 87.3 cm³/mol. The summed E-state index contributed by atoms with van der Waals surface area (Å²) in [6.45, 7) is 5.31. The number of pyridine rings is 1. The average Bonchev–Trinajstić information content (AvgIpc) is 2.45. The Labute approximate surface area is 135 Å². The molecule has 0 aliphatic heterocycles. The van der Waals surface area contributed by atoms with E-state index in [-0.39, 0.29) is 15.7 Å². The second-order valence-electron chi connectivity index (χ2n) is 4.92. The second-order valence-corrected chi connectivity index (χ2v) is 6.90. The number of hydrogen-bond donors (Lipinski definition) is 1. The van der Waals surface area contributed by atoms with Crippen molar-refractivity contribution < 1.29 is 13.2 Å². The van der Waals surface area contributed by atoms with Crippen molar-refractivity contribution in [3.63, 3.8) is 0 Å². The molecule has 118 valence electrons. The number of sulfonamides is 1. The first-order valence-corrected chi connectivity index (χ1v) is 8.42. The largest absolute Gasteiger partial charge is 0.496 e. The zero-order chi connectivity index (χ0) is 16.5. The van der Waals surface area contributed by atoms with E-state index in [1.807, 2.05) is 6.92 Å². The molecule has 22 heavy (non-hydrogen) atoms. The van der Waals surface area contributed by atoms with E-state index in [2.05, 4.69) is 9.71 Å². The Kier molecular flexibility index (Phi) is 4.63. The van der Waals surface area contributed by atoms with Gasteiger partial charge in [-0.3, -0.25) is 4.72 Å². The monoisotopic (exact) mass is 340 g/mol. The van der Waals surface area contributed by atoms with Crippen molar-refractivity contribution in [1.82, 2.24) is 4.98 Å². The van der Waals surface area contributed by atoms with Gasteiger partial charge in [-0.2, -0.15) is 0 Å². The summed E-state index contributed by atoms with van der Waals surface area (Å²) in [5.41, 5.74) is 2.28. The number of hydrogen-bond acceptors (Lipinski definition) is 4. The van der Waals surface area contributed by atoms with E-state index in [4.69, 9.17) is 16.3 Å². The number of aryl methyl sites for hydroxylation is 1. The van der Waals surface area contributed by atoms with Gasteiger partial charge in [-0.05, 0) is 55.7 Å². The van der Waals surface area contributed by atoms with Gasteiger partial charge < -0.3 is 4.74 Å². The molecule has 7 heteroatoms. The van der Waals surface area contributed by atoms with Crippen molar-refractivity contribution in [2.24, 2.45) is 0 Å². The lowest BCUT2D eigenvalue weighted by molar-refractivity contribution is 0.410. The summed E-state index contributed by atoms with van der Waals surface area (Å²) in [5, 5.41) is 0.103. The molecule has 0 atom stereocenters. The number of methoxy groups -OCH3 is 1. The van der Waals surface area contributed by atoms with Crippen LogP contribution in [0.3, 0.4) is 0 Å². The molecular weight excluding hydrogens is 324 g/mol. The molecule has 1 N–H and O–H groups in total. The van der Waals surface area contributed by atoms with E-state index in [1.165, 1.54) is 6.20 Å². The lowest BCUT2D eigenvalue weighted by Gasteiger charge is -2.17.